The van der Waals surface area contributed by atoms with Gasteiger partial charge in [-0.1, -0.05) is 53.3 Å². The second-order valence-electron chi connectivity index (χ2n) is 5.67. The number of para-hydroxylation sites is 1. The Labute approximate surface area is 149 Å². The standard InChI is InChI=1S/C19H19N3O2S/c1-13-8-10-15(11-9-13)14(2)20-21-19-22(12-18(23)24-3)16-6-4-5-7-17(16)25-19/h4-11H,12H2,1-3H3/b20-14+,21-19-. The maximum absolute atomic E-state index is 11.8. The number of fused-ring (bicyclic) bond motifs is 1. The van der Waals surface area contributed by atoms with E-state index in [1.807, 2.05) is 66.9 Å². The lowest BCUT2D eigenvalue weighted by Crippen LogP contribution is -2.21. The van der Waals surface area contributed by atoms with Crippen LogP contribution in [0.25, 0.3) is 10.2 Å². The molecule has 0 N–H and O–H groups in total. The van der Waals surface area contributed by atoms with Gasteiger partial charge >= 0.3 is 5.97 Å². The summed E-state index contributed by atoms with van der Waals surface area (Å²) in [5, 5.41) is 8.75. The normalized spacial score (nSPS) is 12.6. The second-order valence-corrected chi connectivity index (χ2v) is 6.68. The third-order valence-corrected chi connectivity index (χ3v) is 4.91. The van der Waals surface area contributed by atoms with Gasteiger partial charge in [-0.15, -0.1) is 5.10 Å². The van der Waals surface area contributed by atoms with Crippen LogP contribution in [0.3, 0.4) is 0 Å². The van der Waals surface area contributed by atoms with Crippen LogP contribution in [-0.4, -0.2) is 23.4 Å². The van der Waals surface area contributed by atoms with E-state index < -0.39 is 0 Å². The van der Waals surface area contributed by atoms with Crippen molar-refractivity contribution < 1.29 is 9.53 Å². The molecule has 3 aromatic rings. The van der Waals surface area contributed by atoms with Crippen LogP contribution in [0.15, 0.2) is 58.7 Å². The predicted octanol–water partition coefficient (Wildman–Crippen LogP) is 3.51. The van der Waals surface area contributed by atoms with Gasteiger partial charge in [0.25, 0.3) is 0 Å². The summed E-state index contributed by atoms with van der Waals surface area (Å²) in [5.74, 6) is -0.316. The Kier molecular flexibility index (Phi) is 5.09. The van der Waals surface area contributed by atoms with Crippen LogP contribution in [0.2, 0.25) is 0 Å². The van der Waals surface area contributed by atoms with Crippen LogP contribution in [0.4, 0.5) is 0 Å². The van der Waals surface area contributed by atoms with Gasteiger partial charge < -0.3 is 9.30 Å². The molecule has 6 heteroatoms. The van der Waals surface area contributed by atoms with Gasteiger partial charge in [-0.25, -0.2) is 0 Å². The molecule has 0 amide bonds. The van der Waals surface area contributed by atoms with Crippen molar-refractivity contribution in [1.29, 1.82) is 0 Å². The van der Waals surface area contributed by atoms with Crippen LogP contribution in [0, 0.1) is 6.92 Å². The summed E-state index contributed by atoms with van der Waals surface area (Å²) in [6, 6.07) is 16.0. The average Bonchev–Trinajstić information content (AvgIpc) is 2.98. The van der Waals surface area contributed by atoms with Crippen LogP contribution in [0.1, 0.15) is 18.1 Å². The van der Waals surface area contributed by atoms with E-state index in [1.165, 1.54) is 24.0 Å². The van der Waals surface area contributed by atoms with Gasteiger partial charge in [0.05, 0.1) is 23.0 Å². The molecule has 25 heavy (non-hydrogen) atoms. The lowest BCUT2D eigenvalue weighted by atomic mass is 10.1. The van der Waals surface area contributed by atoms with Crippen molar-refractivity contribution in [3.8, 4) is 0 Å². The van der Waals surface area contributed by atoms with E-state index in [0.717, 1.165) is 21.5 Å². The number of carbonyl (C=O) groups is 1. The molecular formula is C19H19N3O2S. The Morgan fingerprint density at radius 3 is 2.60 bits per heavy atom. The number of carbonyl (C=O) groups excluding carboxylic acids is 1. The number of benzene rings is 2. The van der Waals surface area contributed by atoms with Crippen LogP contribution < -0.4 is 4.80 Å². The fourth-order valence-electron chi connectivity index (χ4n) is 2.41. The predicted molar refractivity (Wildman–Crippen MR) is 101 cm³/mol. The first-order valence-electron chi connectivity index (χ1n) is 7.89. The number of nitrogens with zero attached hydrogens (tertiary/aromatic N) is 3. The zero-order chi connectivity index (χ0) is 17.8. The van der Waals surface area contributed by atoms with Crippen molar-refractivity contribution in [1.82, 2.24) is 4.57 Å². The first-order valence-corrected chi connectivity index (χ1v) is 8.70. The van der Waals surface area contributed by atoms with Crippen molar-refractivity contribution in [3.63, 3.8) is 0 Å². The topological polar surface area (TPSA) is 56.0 Å². The first-order chi connectivity index (χ1) is 12.1. The zero-order valence-electron chi connectivity index (χ0n) is 14.4. The van der Waals surface area contributed by atoms with E-state index in [4.69, 9.17) is 4.74 Å². The van der Waals surface area contributed by atoms with Crippen molar-refractivity contribution in [2.75, 3.05) is 7.11 Å². The summed E-state index contributed by atoms with van der Waals surface area (Å²) in [6.45, 7) is 4.08. The maximum Gasteiger partial charge on any atom is 0.325 e. The largest absolute Gasteiger partial charge is 0.468 e. The number of aromatic nitrogens is 1. The van der Waals surface area contributed by atoms with E-state index in [2.05, 4.69) is 10.2 Å². The molecule has 1 aromatic heterocycles. The van der Waals surface area contributed by atoms with Crippen molar-refractivity contribution >= 4 is 33.2 Å². The molecule has 0 fully saturated rings. The van der Waals surface area contributed by atoms with E-state index in [1.54, 1.807) is 0 Å². The number of thiazole rings is 1. The minimum absolute atomic E-state index is 0.110. The minimum Gasteiger partial charge on any atom is -0.468 e. The highest BCUT2D eigenvalue weighted by atomic mass is 32.1. The van der Waals surface area contributed by atoms with Gasteiger partial charge in [-0.2, -0.15) is 5.10 Å². The third kappa shape index (κ3) is 3.85. The van der Waals surface area contributed by atoms with Crippen molar-refractivity contribution in [2.45, 2.75) is 20.4 Å². The van der Waals surface area contributed by atoms with Gasteiger partial charge in [0.1, 0.15) is 6.54 Å². The summed E-state index contributed by atoms with van der Waals surface area (Å²) in [7, 11) is 1.38. The van der Waals surface area contributed by atoms with E-state index in [9.17, 15) is 4.79 Å². The fourth-order valence-corrected chi connectivity index (χ4v) is 3.39. The van der Waals surface area contributed by atoms with Gasteiger partial charge in [-0.3, -0.25) is 4.79 Å². The maximum atomic E-state index is 11.8. The Morgan fingerprint density at radius 2 is 1.88 bits per heavy atom. The molecule has 0 aliphatic rings. The molecule has 0 saturated heterocycles. The van der Waals surface area contributed by atoms with Gasteiger partial charge in [0.2, 0.25) is 4.80 Å². The third-order valence-electron chi connectivity index (χ3n) is 3.86. The van der Waals surface area contributed by atoms with E-state index >= 15 is 0 Å². The SMILES string of the molecule is COC(=O)Cn1/c(=N/N=C(\C)c2ccc(C)cc2)sc2ccccc21. The summed E-state index contributed by atoms with van der Waals surface area (Å²) < 4.78 is 7.68. The zero-order valence-corrected chi connectivity index (χ0v) is 15.2. The first kappa shape index (κ1) is 17.1. The Hall–Kier alpha value is -2.73. The van der Waals surface area contributed by atoms with Crippen molar-refractivity contribution in [3.05, 3.63) is 64.5 Å². The molecular weight excluding hydrogens is 334 g/mol. The number of aryl methyl sites for hydroxylation is 1. The molecule has 0 unspecified atom stereocenters. The summed E-state index contributed by atoms with van der Waals surface area (Å²) in [5.41, 5.74) is 3.99. The van der Waals surface area contributed by atoms with Crippen LogP contribution >= 0.6 is 11.3 Å². The molecule has 0 saturated carbocycles. The molecule has 0 bridgehead atoms. The van der Waals surface area contributed by atoms with Crippen LogP contribution in [-0.2, 0) is 16.1 Å². The Bertz CT molecular complexity index is 997. The lowest BCUT2D eigenvalue weighted by Gasteiger charge is -2.03. The number of esters is 1. The molecule has 0 spiro atoms. The highest BCUT2D eigenvalue weighted by molar-refractivity contribution is 7.16. The molecule has 3 rings (SSSR count). The van der Waals surface area contributed by atoms with E-state index in [-0.39, 0.29) is 12.5 Å². The highest BCUT2D eigenvalue weighted by Gasteiger charge is 2.10. The fraction of sp³-hybridized carbons (Fsp3) is 0.211. The molecule has 0 aliphatic carbocycles. The van der Waals surface area contributed by atoms with Crippen LogP contribution in [0.5, 0.6) is 0 Å². The Balaban J connectivity index is 2.05. The highest BCUT2D eigenvalue weighted by Crippen LogP contribution is 2.16. The number of methoxy groups -OCH3 is 1. The minimum atomic E-state index is -0.316. The number of ether oxygens (including phenoxy) is 1. The van der Waals surface area contributed by atoms with Crippen molar-refractivity contribution in [2.24, 2.45) is 10.2 Å². The number of hydrogen-bond donors (Lipinski definition) is 0. The monoisotopic (exact) mass is 353 g/mol. The van der Waals surface area contributed by atoms with E-state index in [0.29, 0.717) is 4.80 Å². The summed E-state index contributed by atoms with van der Waals surface area (Å²) in [6.07, 6.45) is 0. The molecule has 0 radical (unpaired) electrons. The average molecular weight is 353 g/mol. The Morgan fingerprint density at radius 1 is 1.16 bits per heavy atom. The van der Waals surface area contributed by atoms with Gasteiger partial charge in [0, 0.05) is 0 Å². The summed E-state index contributed by atoms with van der Waals surface area (Å²) >= 11 is 1.50. The lowest BCUT2D eigenvalue weighted by molar-refractivity contribution is -0.141. The quantitative estimate of drug-likeness (QED) is 0.409. The summed E-state index contributed by atoms with van der Waals surface area (Å²) in [4.78, 5) is 12.4. The molecule has 5 nitrogen and oxygen atoms in total. The molecule has 0 atom stereocenters. The van der Waals surface area contributed by atoms with Gasteiger partial charge in [-0.05, 0) is 31.5 Å². The molecule has 1 heterocycles. The number of rotatable bonds is 4. The van der Waals surface area contributed by atoms with Gasteiger partial charge in [0.15, 0.2) is 0 Å². The molecule has 2 aromatic carbocycles. The molecule has 0 aliphatic heterocycles. The smallest absolute Gasteiger partial charge is 0.325 e. The molecule has 128 valence electrons. The second kappa shape index (κ2) is 7.44. The number of hydrogen-bond acceptors (Lipinski definition) is 5.